The molecule has 5 nitrogen and oxygen atoms in total. The van der Waals surface area contributed by atoms with E-state index >= 15 is 0 Å². The molecule has 1 amide bonds. The van der Waals surface area contributed by atoms with E-state index in [1.807, 2.05) is 45.0 Å². The van der Waals surface area contributed by atoms with Gasteiger partial charge in [-0.25, -0.2) is 0 Å². The first kappa shape index (κ1) is 22.0. The SMILES string of the molecule is CCOc1ccc(C)cc1C(C)NC(=O)/C(C#N)=C\NCCc1ccc(C)cc1. The third kappa shape index (κ3) is 6.69. The zero-order valence-electron chi connectivity index (χ0n) is 17.6. The molecule has 0 aliphatic heterocycles. The quantitative estimate of drug-likeness (QED) is 0.383. The Morgan fingerprint density at radius 1 is 1.17 bits per heavy atom. The zero-order valence-corrected chi connectivity index (χ0v) is 17.6. The fourth-order valence-electron chi connectivity index (χ4n) is 2.94. The molecule has 5 heteroatoms. The Hall–Kier alpha value is -3.26. The number of hydrogen-bond acceptors (Lipinski definition) is 4. The molecule has 152 valence electrons. The number of nitrogens with one attached hydrogen (secondary N) is 2. The Morgan fingerprint density at radius 2 is 1.86 bits per heavy atom. The van der Waals surface area contributed by atoms with Gasteiger partial charge < -0.3 is 15.4 Å². The maximum absolute atomic E-state index is 12.5. The monoisotopic (exact) mass is 391 g/mol. The minimum Gasteiger partial charge on any atom is -0.494 e. The molecule has 2 rings (SSSR count). The van der Waals surface area contributed by atoms with Crippen LogP contribution in [0.5, 0.6) is 5.75 Å². The first-order valence-electron chi connectivity index (χ1n) is 9.88. The first-order chi connectivity index (χ1) is 13.9. The van der Waals surface area contributed by atoms with Crippen molar-refractivity contribution in [3.05, 3.63) is 76.5 Å². The summed E-state index contributed by atoms with van der Waals surface area (Å²) in [6.45, 7) is 9.04. The Morgan fingerprint density at radius 3 is 2.52 bits per heavy atom. The van der Waals surface area contributed by atoms with Gasteiger partial charge in [0.2, 0.25) is 0 Å². The van der Waals surface area contributed by atoms with Crippen molar-refractivity contribution >= 4 is 5.91 Å². The third-order valence-corrected chi connectivity index (χ3v) is 4.57. The van der Waals surface area contributed by atoms with Gasteiger partial charge in [0.1, 0.15) is 17.4 Å². The summed E-state index contributed by atoms with van der Waals surface area (Å²) in [7, 11) is 0. The summed E-state index contributed by atoms with van der Waals surface area (Å²) in [6.07, 6.45) is 2.30. The zero-order chi connectivity index (χ0) is 21.2. The Bertz CT molecular complexity index is 895. The predicted molar refractivity (Wildman–Crippen MR) is 115 cm³/mol. The van der Waals surface area contributed by atoms with E-state index in [0.29, 0.717) is 13.2 Å². The number of benzene rings is 2. The second kappa shape index (κ2) is 10.9. The van der Waals surface area contributed by atoms with Gasteiger partial charge in [-0.2, -0.15) is 5.26 Å². The lowest BCUT2D eigenvalue weighted by atomic mass is 10.0. The van der Waals surface area contributed by atoms with Gasteiger partial charge in [0.05, 0.1) is 12.6 Å². The van der Waals surface area contributed by atoms with E-state index in [0.717, 1.165) is 23.3 Å². The van der Waals surface area contributed by atoms with E-state index < -0.39 is 5.91 Å². The standard InChI is InChI=1S/C24H29N3O2/c1-5-29-23-11-8-18(3)14-22(23)19(4)27-24(28)21(15-25)16-26-13-12-20-9-6-17(2)7-10-20/h6-11,14,16,19,26H,5,12-13H2,1-4H3,(H,27,28)/b21-16-. The summed E-state index contributed by atoms with van der Waals surface area (Å²) in [5, 5.41) is 15.3. The summed E-state index contributed by atoms with van der Waals surface area (Å²) in [5.74, 6) is 0.330. The van der Waals surface area contributed by atoms with Gasteiger partial charge in [0.25, 0.3) is 5.91 Å². The molecule has 2 N–H and O–H groups in total. The number of nitrogens with zero attached hydrogens (tertiary/aromatic N) is 1. The van der Waals surface area contributed by atoms with Crippen LogP contribution in [0.2, 0.25) is 0 Å². The first-order valence-corrected chi connectivity index (χ1v) is 9.88. The third-order valence-electron chi connectivity index (χ3n) is 4.57. The second-order valence-electron chi connectivity index (χ2n) is 7.03. The van der Waals surface area contributed by atoms with E-state index in [2.05, 4.69) is 41.8 Å². The number of carbonyl (C=O) groups excluding carboxylic acids is 1. The molecule has 0 aliphatic carbocycles. The fourth-order valence-corrected chi connectivity index (χ4v) is 2.94. The van der Waals surface area contributed by atoms with Crippen molar-refractivity contribution in [2.75, 3.05) is 13.2 Å². The van der Waals surface area contributed by atoms with E-state index in [1.54, 1.807) is 0 Å². The molecule has 0 radical (unpaired) electrons. The molecule has 0 saturated heterocycles. The number of hydrogen-bond donors (Lipinski definition) is 2. The largest absolute Gasteiger partial charge is 0.494 e. The number of aryl methyl sites for hydroxylation is 2. The van der Waals surface area contributed by atoms with Gasteiger partial charge >= 0.3 is 0 Å². The Balaban J connectivity index is 1.96. The van der Waals surface area contributed by atoms with Crippen LogP contribution in [0.15, 0.2) is 54.2 Å². The molecule has 0 saturated carbocycles. The van der Waals surface area contributed by atoms with Crippen LogP contribution >= 0.6 is 0 Å². The minimum absolute atomic E-state index is 0.0476. The van der Waals surface area contributed by atoms with Crippen molar-refractivity contribution in [2.45, 2.75) is 40.2 Å². The van der Waals surface area contributed by atoms with Crippen molar-refractivity contribution < 1.29 is 9.53 Å². The number of nitriles is 1. The summed E-state index contributed by atoms with van der Waals surface area (Å²) >= 11 is 0. The van der Waals surface area contributed by atoms with E-state index in [1.165, 1.54) is 17.3 Å². The number of ether oxygens (including phenoxy) is 1. The summed E-state index contributed by atoms with van der Waals surface area (Å²) < 4.78 is 5.67. The molecule has 0 aliphatic rings. The molecule has 0 heterocycles. The highest BCUT2D eigenvalue weighted by atomic mass is 16.5. The average molecular weight is 392 g/mol. The molecule has 2 aromatic rings. The summed E-state index contributed by atoms with van der Waals surface area (Å²) in [6, 6.07) is 15.9. The Labute approximate surface area is 173 Å². The van der Waals surface area contributed by atoms with Gasteiger partial charge in [-0.05, 0) is 45.7 Å². The van der Waals surface area contributed by atoms with Crippen LogP contribution in [0.1, 0.15) is 42.1 Å². The molecule has 1 atom stereocenters. The van der Waals surface area contributed by atoms with Crippen LogP contribution in [-0.4, -0.2) is 19.1 Å². The van der Waals surface area contributed by atoms with Crippen LogP contribution in [0.3, 0.4) is 0 Å². The maximum Gasteiger partial charge on any atom is 0.263 e. The van der Waals surface area contributed by atoms with Crippen molar-refractivity contribution in [3.8, 4) is 11.8 Å². The predicted octanol–water partition coefficient (Wildman–Crippen LogP) is 4.12. The fraction of sp³-hybridized carbons (Fsp3) is 0.333. The average Bonchev–Trinajstić information content (AvgIpc) is 2.70. The van der Waals surface area contributed by atoms with Crippen molar-refractivity contribution in [1.82, 2.24) is 10.6 Å². The lowest BCUT2D eigenvalue weighted by Crippen LogP contribution is -2.29. The number of rotatable bonds is 9. The van der Waals surface area contributed by atoms with Gasteiger partial charge in [0.15, 0.2) is 0 Å². The molecule has 2 aromatic carbocycles. The van der Waals surface area contributed by atoms with Gasteiger partial charge in [-0.3, -0.25) is 4.79 Å². The second-order valence-corrected chi connectivity index (χ2v) is 7.03. The van der Waals surface area contributed by atoms with Gasteiger partial charge in [-0.15, -0.1) is 0 Å². The van der Waals surface area contributed by atoms with Crippen LogP contribution in [-0.2, 0) is 11.2 Å². The highest BCUT2D eigenvalue weighted by Crippen LogP contribution is 2.26. The normalized spacial score (nSPS) is 12.0. The molecule has 29 heavy (non-hydrogen) atoms. The summed E-state index contributed by atoms with van der Waals surface area (Å²) in [5.41, 5.74) is 4.45. The van der Waals surface area contributed by atoms with Crippen LogP contribution in [0.4, 0.5) is 0 Å². The molecular formula is C24H29N3O2. The van der Waals surface area contributed by atoms with E-state index in [9.17, 15) is 10.1 Å². The van der Waals surface area contributed by atoms with Crippen LogP contribution in [0.25, 0.3) is 0 Å². The molecular weight excluding hydrogens is 362 g/mol. The van der Waals surface area contributed by atoms with Crippen LogP contribution < -0.4 is 15.4 Å². The van der Waals surface area contributed by atoms with E-state index in [4.69, 9.17) is 4.74 Å². The smallest absolute Gasteiger partial charge is 0.263 e. The lowest BCUT2D eigenvalue weighted by Gasteiger charge is -2.18. The molecule has 0 spiro atoms. The lowest BCUT2D eigenvalue weighted by molar-refractivity contribution is -0.117. The van der Waals surface area contributed by atoms with E-state index in [-0.39, 0.29) is 11.6 Å². The molecule has 1 unspecified atom stereocenters. The van der Waals surface area contributed by atoms with Crippen LogP contribution in [0, 0.1) is 25.2 Å². The van der Waals surface area contributed by atoms with Gasteiger partial charge in [0, 0.05) is 18.3 Å². The van der Waals surface area contributed by atoms with Crippen molar-refractivity contribution in [2.24, 2.45) is 0 Å². The number of carbonyl (C=O) groups is 1. The minimum atomic E-state index is -0.410. The highest BCUT2D eigenvalue weighted by molar-refractivity contribution is 5.97. The topological polar surface area (TPSA) is 74.1 Å². The maximum atomic E-state index is 12.5. The highest BCUT2D eigenvalue weighted by Gasteiger charge is 2.17. The molecule has 0 bridgehead atoms. The van der Waals surface area contributed by atoms with Crippen molar-refractivity contribution in [3.63, 3.8) is 0 Å². The summed E-state index contributed by atoms with van der Waals surface area (Å²) in [4.78, 5) is 12.5. The molecule has 0 aromatic heterocycles. The van der Waals surface area contributed by atoms with Gasteiger partial charge in [-0.1, -0.05) is 47.5 Å². The Kier molecular flexibility index (Phi) is 8.29. The molecule has 0 fully saturated rings. The van der Waals surface area contributed by atoms with Crippen molar-refractivity contribution in [1.29, 1.82) is 5.26 Å². The number of amides is 1.